The average Bonchev–Trinajstić information content (AvgIpc) is 3.25. The number of nitrogens with zero attached hydrogens (tertiary/aromatic N) is 1. The van der Waals surface area contributed by atoms with Gasteiger partial charge in [-0.2, -0.15) is 0 Å². The van der Waals surface area contributed by atoms with Crippen molar-refractivity contribution >= 4 is 11.9 Å². The average molecular weight is 436 g/mol. The Morgan fingerprint density at radius 1 is 0.935 bits per heavy atom. The summed E-state index contributed by atoms with van der Waals surface area (Å²) in [7, 11) is 0. The molecule has 1 heterocycles. The number of imidazole rings is 1. The van der Waals surface area contributed by atoms with Gasteiger partial charge in [-0.25, -0.2) is 9.78 Å². The van der Waals surface area contributed by atoms with Crippen LogP contribution in [0.1, 0.15) is 116 Å². The zero-order chi connectivity index (χ0) is 22.7. The largest absolute Gasteiger partial charge is 0.461 e. The lowest BCUT2D eigenvalue weighted by molar-refractivity contribution is -0.153. The van der Waals surface area contributed by atoms with E-state index in [1.165, 1.54) is 71.1 Å². The fourth-order valence-electron chi connectivity index (χ4n) is 3.87. The summed E-state index contributed by atoms with van der Waals surface area (Å²) in [5, 5.41) is 2.74. The van der Waals surface area contributed by atoms with E-state index in [2.05, 4.69) is 29.1 Å². The molecular weight excluding hydrogens is 390 g/mol. The van der Waals surface area contributed by atoms with Crippen molar-refractivity contribution in [2.45, 2.75) is 129 Å². The van der Waals surface area contributed by atoms with Gasteiger partial charge < -0.3 is 15.0 Å². The molecule has 1 atom stereocenters. The summed E-state index contributed by atoms with van der Waals surface area (Å²) in [5.74, 6) is -0.573. The Kier molecular flexibility index (Phi) is 15.6. The van der Waals surface area contributed by atoms with E-state index in [1.807, 2.05) is 0 Å². The fraction of sp³-hybridized carbons (Fsp3) is 0.800. The second-order valence-electron chi connectivity index (χ2n) is 8.71. The number of unbranched alkanes of at least 4 members (excludes halogenated alkanes) is 10. The zero-order valence-corrected chi connectivity index (χ0v) is 20.1. The second kappa shape index (κ2) is 17.8. The molecule has 1 unspecified atom stereocenters. The molecule has 0 aliphatic heterocycles. The number of carbonyl (C=O) groups is 2. The predicted octanol–water partition coefficient (Wildman–Crippen LogP) is 5.87. The number of hydrogen-bond acceptors (Lipinski definition) is 4. The van der Waals surface area contributed by atoms with Crippen LogP contribution < -0.4 is 5.32 Å². The number of aromatic amines is 1. The number of rotatable bonds is 19. The SMILES string of the molecule is CCCCCCCCC(CCCCCCCC)OC(=O)C(Cc1cnc[nH]1)NC(C)=O. The lowest BCUT2D eigenvalue weighted by atomic mass is 10.0. The molecule has 6 nitrogen and oxygen atoms in total. The molecule has 0 radical (unpaired) electrons. The molecule has 0 saturated carbocycles. The summed E-state index contributed by atoms with van der Waals surface area (Å²) >= 11 is 0. The van der Waals surface area contributed by atoms with Crippen LogP contribution in [0.25, 0.3) is 0 Å². The number of carbonyl (C=O) groups excluding carboxylic acids is 2. The Balaban J connectivity index is 2.56. The van der Waals surface area contributed by atoms with Gasteiger partial charge in [0, 0.05) is 25.2 Å². The Labute approximate surface area is 189 Å². The van der Waals surface area contributed by atoms with Crippen molar-refractivity contribution in [2.75, 3.05) is 0 Å². The normalized spacial score (nSPS) is 12.1. The quantitative estimate of drug-likeness (QED) is 0.210. The first-order valence-electron chi connectivity index (χ1n) is 12.5. The molecule has 0 aliphatic rings. The van der Waals surface area contributed by atoms with E-state index in [0.717, 1.165) is 31.4 Å². The molecule has 0 aliphatic carbocycles. The van der Waals surface area contributed by atoms with Gasteiger partial charge in [0.05, 0.1) is 6.33 Å². The number of nitrogens with one attached hydrogen (secondary N) is 2. The van der Waals surface area contributed by atoms with Gasteiger partial charge in [0.25, 0.3) is 0 Å². The van der Waals surface area contributed by atoms with Crippen LogP contribution in [-0.4, -0.2) is 34.0 Å². The molecule has 1 aromatic heterocycles. The van der Waals surface area contributed by atoms with Gasteiger partial charge in [-0.1, -0.05) is 78.1 Å². The van der Waals surface area contributed by atoms with Crippen molar-refractivity contribution in [3.63, 3.8) is 0 Å². The number of hydrogen-bond donors (Lipinski definition) is 2. The van der Waals surface area contributed by atoms with E-state index in [4.69, 9.17) is 4.74 Å². The summed E-state index contributed by atoms with van der Waals surface area (Å²) < 4.78 is 5.93. The fourth-order valence-corrected chi connectivity index (χ4v) is 3.87. The molecule has 1 amide bonds. The first kappa shape index (κ1) is 27.2. The van der Waals surface area contributed by atoms with E-state index in [1.54, 1.807) is 12.5 Å². The third-order valence-corrected chi connectivity index (χ3v) is 5.68. The molecule has 0 fully saturated rings. The van der Waals surface area contributed by atoms with Gasteiger partial charge in [0.2, 0.25) is 5.91 Å². The number of amides is 1. The van der Waals surface area contributed by atoms with E-state index >= 15 is 0 Å². The lowest BCUT2D eigenvalue weighted by Gasteiger charge is -2.22. The van der Waals surface area contributed by atoms with Gasteiger partial charge in [0.15, 0.2) is 0 Å². The van der Waals surface area contributed by atoms with Crippen molar-refractivity contribution in [3.8, 4) is 0 Å². The van der Waals surface area contributed by atoms with Crippen molar-refractivity contribution in [2.24, 2.45) is 0 Å². The minimum absolute atomic E-state index is 0.0668. The van der Waals surface area contributed by atoms with E-state index in [0.29, 0.717) is 6.42 Å². The number of aromatic nitrogens is 2. The molecule has 178 valence electrons. The monoisotopic (exact) mass is 435 g/mol. The maximum Gasteiger partial charge on any atom is 0.329 e. The van der Waals surface area contributed by atoms with Crippen molar-refractivity contribution < 1.29 is 14.3 Å². The molecular formula is C25H45N3O3. The minimum atomic E-state index is -0.686. The van der Waals surface area contributed by atoms with Gasteiger partial charge in [-0.15, -0.1) is 0 Å². The molecule has 1 aromatic rings. The van der Waals surface area contributed by atoms with Crippen LogP contribution in [0.3, 0.4) is 0 Å². The molecule has 0 spiro atoms. The van der Waals surface area contributed by atoms with Crippen molar-refractivity contribution in [3.05, 3.63) is 18.2 Å². The van der Waals surface area contributed by atoms with E-state index in [9.17, 15) is 9.59 Å². The molecule has 31 heavy (non-hydrogen) atoms. The Bertz CT molecular complexity index is 559. The van der Waals surface area contributed by atoms with E-state index in [-0.39, 0.29) is 18.0 Å². The molecule has 0 bridgehead atoms. The highest BCUT2D eigenvalue weighted by molar-refractivity contribution is 5.83. The smallest absolute Gasteiger partial charge is 0.329 e. The number of H-pyrrole nitrogens is 1. The summed E-state index contributed by atoms with van der Waals surface area (Å²) in [4.78, 5) is 31.5. The highest BCUT2D eigenvalue weighted by atomic mass is 16.5. The van der Waals surface area contributed by atoms with Gasteiger partial charge in [-0.05, 0) is 25.7 Å². The van der Waals surface area contributed by atoms with Crippen molar-refractivity contribution in [1.29, 1.82) is 0 Å². The zero-order valence-electron chi connectivity index (χ0n) is 20.1. The van der Waals surface area contributed by atoms with Crippen LogP contribution in [-0.2, 0) is 20.7 Å². The van der Waals surface area contributed by atoms with Crippen LogP contribution in [0, 0.1) is 0 Å². The Hall–Kier alpha value is -1.85. The Morgan fingerprint density at radius 3 is 1.97 bits per heavy atom. The Morgan fingerprint density at radius 2 is 1.48 bits per heavy atom. The van der Waals surface area contributed by atoms with E-state index < -0.39 is 6.04 Å². The third-order valence-electron chi connectivity index (χ3n) is 5.68. The highest BCUT2D eigenvalue weighted by Crippen LogP contribution is 2.18. The lowest BCUT2D eigenvalue weighted by Crippen LogP contribution is -2.43. The van der Waals surface area contributed by atoms with Crippen LogP contribution in [0.15, 0.2) is 12.5 Å². The molecule has 2 N–H and O–H groups in total. The van der Waals surface area contributed by atoms with Crippen molar-refractivity contribution in [1.82, 2.24) is 15.3 Å². The van der Waals surface area contributed by atoms with Crippen LogP contribution in [0.5, 0.6) is 0 Å². The predicted molar refractivity (Wildman–Crippen MR) is 126 cm³/mol. The highest BCUT2D eigenvalue weighted by Gasteiger charge is 2.25. The van der Waals surface area contributed by atoms with Crippen LogP contribution in [0.4, 0.5) is 0 Å². The molecule has 6 heteroatoms. The summed E-state index contributed by atoms with van der Waals surface area (Å²) in [6.07, 6.45) is 20.1. The summed E-state index contributed by atoms with van der Waals surface area (Å²) in [5.41, 5.74) is 0.805. The number of esters is 1. The summed E-state index contributed by atoms with van der Waals surface area (Å²) in [6, 6.07) is -0.686. The van der Waals surface area contributed by atoms with Crippen LogP contribution >= 0.6 is 0 Å². The maximum absolute atomic E-state index is 12.9. The molecule has 0 saturated heterocycles. The second-order valence-corrected chi connectivity index (χ2v) is 8.71. The summed E-state index contributed by atoms with van der Waals surface area (Å²) in [6.45, 7) is 5.88. The standard InChI is InChI=1S/C25H45N3O3/c1-4-6-8-10-12-14-16-23(17-15-13-11-9-7-5-2)31-25(30)24(28-21(3)29)18-22-19-26-20-27-22/h19-20,23-24H,4-18H2,1-3H3,(H,26,27)(H,28,29). The van der Waals surface area contributed by atoms with Gasteiger partial charge in [-0.3, -0.25) is 4.79 Å². The minimum Gasteiger partial charge on any atom is -0.461 e. The van der Waals surface area contributed by atoms with Gasteiger partial charge >= 0.3 is 5.97 Å². The molecule has 1 rings (SSSR count). The van der Waals surface area contributed by atoms with Gasteiger partial charge in [0.1, 0.15) is 12.1 Å². The third kappa shape index (κ3) is 13.9. The topological polar surface area (TPSA) is 84.1 Å². The molecule has 0 aromatic carbocycles. The van der Waals surface area contributed by atoms with Crippen LogP contribution in [0.2, 0.25) is 0 Å². The maximum atomic E-state index is 12.9. The number of ether oxygens (including phenoxy) is 1. The first-order chi connectivity index (χ1) is 15.1. The first-order valence-corrected chi connectivity index (χ1v) is 12.5.